The molecule has 0 aliphatic carbocycles. The van der Waals surface area contributed by atoms with Gasteiger partial charge in [-0.2, -0.15) is 5.10 Å². The highest BCUT2D eigenvalue weighted by Gasteiger charge is 2.06. The third kappa shape index (κ3) is 3.93. The minimum absolute atomic E-state index is 0.563. The molecule has 0 amide bonds. The minimum atomic E-state index is 0.563. The van der Waals surface area contributed by atoms with Gasteiger partial charge in [-0.1, -0.05) is 27.7 Å². The number of rotatable bonds is 7. The van der Waals surface area contributed by atoms with E-state index < -0.39 is 0 Å². The summed E-state index contributed by atoms with van der Waals surface area (Å²) in [5.74, 6) is 2.08. The summed E-state index contributed by atoms with van der Waals surface area (Å²) in [7, 11) is 0. The first-order valence-electron chi connectivity index (χ1n) is 6.33. The van der Waals surface area contributed by atoms with E-state index in [1.54, 1.807) is 0 Å². The Morgan fingerprint density at radius 3 is 2.56 bits per heavy atom. The number of hydrogen-bond donors (Lipinski definition) is 1. The van der Waals surface area contributed by atoms with Crippen molar-refractivity contribution in [2.75, 3.05) is 6.54 Å². The summed E-state index contributed by atoms with van der Waals surface area (Å²) in [4.78, 5) is 4.49. The van der Waals surface area contributed by atoms with E-state index in [1.165, 1.54) is 0 Å². The largest absolute Gasteiger partial charge is 0.314 e. The third-order valence-electron chi connectivity index (χ3n) is 2.52. The highest BCUT2D eigenvalue weighted by atomic mass is 15.3. The van der Waals surface area contributed by atoms with Gasteiger partial charge in [-0.3, -0.25) is 0 Å². The van der Waals surface area contributed by atoms with E-state index in [0.29, 0.717) is 6.04 Å². The van der Waals surface area contributed by atoms with Crippen LogP contribution in [0.5, 0.6) is 0 Å². The Morgan fingerprint density at radius 1 is 1.25 bits per heavy atom. The second kappa shape index (κ2) is 6.63. The maximum absolute atomic E-state index is 4.49. The van der Waals surface area contributed by atoms with Gasteiger partial charge >= 0.3 is 0 Å². The summed E-state index contributed by atoms with van der Waals surface area (Å²) >= 11 is 0. The highest BCUT2D eigenvalue weighted by molar-refractivity contribution is 4.92. The van der Waals surface area contributed by atoms with Gasteiger partial charge in [0, 0.05) is 25.4 Å². The first-order chi connectivity index (χ1) is 7.67. The van der Waals surface area contributed by atoms with Gasteiger partial charge in [-0.05, 0) is 13.0 Å². The van der Waals surface area contributed by atoms with Crippen molar-refractivity contribution in [3.8, 4) is 0 Å². The summed E-state index contributed by atoms with van der Waals surface area (Å²) in [6.07, 6.45) is 2.99. The van der Waals surface area contributed by atoms with Crippen molar-refractivity contribution in [1.29, 1.82) is 0 Å². The summed E-state index contributed by atoms with van der Waals surface area (Å²) in [6, 6.07) is 0.563. The van der Waals surface area contributed by atoms with Gasteiger partial charge in [-0.25, -0.2) is 9.67 Å². The fourth-order valence-corrected chi connectivity index (χ4v) is 1.64. The standard InChI is InChI=1S/C12H24N4/c1-5-11-14-12(6-2)16(15-11)9-7-8-13-10(3)4/h10,13H,5-9H2,1-4H3. The number of nitrogens with zero attached hydrogens (tertiary/aromatic N) is 3. The lowest BCUT2D eigenvalue weighted by Crippen LogP contribution is -2.24. The Kier molecular flexibility index (Phi) is 5.46. The van der Waals surface area contributed by atoms with Crippen LogP contribution in [0.4, 0.5) is 0 Å². The van der Waals surface area contributed by atoms with Crippen LogP contribution < -0.4 is 5.32 Å². The van der Waals surface area contributed by atoms with E-state index in [1.807, 2.05) is 0 Å². The van der Waals surface area contributed by atoms with E-state index in [0.717, 1.165) is 44.0 Å². The van der Waals surface area contributed by atoms with Gasteiger partial charge in [0.2, 0.25) is 0 Å². The summed E-state index contributed by atoms with van der Waals surface area (Å²) in [6.45, 7) is 10.6. The van der Waals surface area contributed by atoms with Crippen molar-refractivity contribution < 1.29 is 0 Å². The molecule has 1 N–H and O–H groups in total. The average Bonchev–Trinajstić information content (AvgIpc) is 2.66. The number of hydrogen-bond acceptors (Lipinski definition) is 3. The van der Waals surface area contributed by atoms with Gasteiger partial charge in [0.05, 0.1) is 0 Å². The summed E-state index contributed by atoms with van der Waals surface area (Å²) in [5, 5.41) is 7.91. The zero-order chi connectivity index (χ0) is 12.0. The molecular weight excluding hydrogens is 200 g/mol. The molecule has 0 bridgehead atoms. The molecule has 0 atom stereocenters. The minimum Gasteiger partial charge on any atom is -0.314 e. The van der Waals surface area contributed by atoms with E-state index in [-0.39, 0.29) is 0 Å². The maximum atomic E-state index is 4.49. The zero-order valence-electron chi connectivity index (χ0n) is 11.0. The molecule has 4 heteroatoms. The van der Waals surface area contributed by atoms with Crippen LogP contribution in [0.1, 0.15) is 45.8 Å². The predicted molar refractivity (Wildman–Crippen MR) is 66.5 cm³/mol. The molecule has 16 heavy (non-hydrogen) atoms. The first-order valence-corrected chi connectivity index (χ1v) is 6.33. The molecule has 0 aliphatic heterocycles. The van der Waals surface area contributed by atoms with E-state index >= 15 is 0 Å². The SMILES string of the molecule is CCc1nc(CC)n(CCCNC(C)C)n1. The lowest BCUT2D eigenvalue weighted by Gasteiger charge is -2.08. The Hall–Kier alpha value is -0.900. The number of aryl methyl sites for hydroxylation is 3. The van der Waals surface area contributed by atoms with Crippen molar-refractivity contribution in [2.24, 2.45) is 0 Å². The van der Waals surface area contributed by atoms with E-state index in [4.69, 9.17) is 0 Å². The molecule has 0 unspecified atom stereocenters. The van der Waals surface area contributed by atoms with Gasteiger partial charge < -0.3 is 5.32 Å². The van der Waals surface area contributed by atoms with Crippen LogP contribution in [-0.4, -0.2) is 27.4 Å². The smallest absolute Gasteiger partial charge is 0.150 e. The Morgan fingerprint density at radius 2 is 2.00 bits per heavy atom. The molecule has 0 spiro atoms. The molecule has 1 heterocycles. The van der Waals surface area contributed by atoms with Crippen molar-refractivity contribution >= 4 is 0 Å². The van der Waals surface area contributed by atoms with Crippen molar-refractivity contribution in [3.63, 3.8) is 0 Å². The van der Waals surface area contributed by atoms with Crippen molar-refractivity contribution in [3.05, 3.63) is 11.6 Å². The predicted octanol–water partition coefficient (Wildman–Crippen LogP) is 1.79. The lowest BCUT2D eigenvalue weighted by atomic mass is 10.3. The summed E-state index contributed by atoms with van der Waals surface area (Å²) < 4.78 is 2.06. The number of nitrogens with one attached hydrogen (secondary N) is 1. The lowest BCUT2D eigenvalue weighted by molar-refractivity contribution is 0.500. The van der Waals surface area contributed by atoms with Crippen LogP contribution in [0, 0.1) is 0 Å². The molecule has 92 valence electrons. The Labute approximate surface area is 98.5 Å². The molecule has 0 saturated heterocycles. The van der Waals surface area contributed by atoms with Crippen LogP contribution in [0.2, 0.25) is 0 Å². The van der Waals surface area contributed by atoms with Crippen LogP contribution in [-0.2, 0) is 19.4 Å². The van der Waals surface area contributed by atoms with Crippen LogP contribution >= 0.6 is 0 Å². The normalized spacial score (nSPS) is 11.3. The second-order valence-electron chi connectivity index (χ2n) is 4.34. The molecule has 1 aromatic rings. The first kappa shape index (κ1) is 13.2. The fourth-order valence-electron chi connectivity index (χ4n) is 1.64. The van der Waals surface area contributed by atoms with Gasteiger partial charge in [0.1, 0.15) is 5.82 Å². The number of aromatic nitrogens is 3. The molecule has 0 aliphatic rings. The monoisotopic (exact) mass is 224 g/mol. The van der Waals surface area contributed by atoms with Crippen LogP contribution in [0.25, 0.3) is 0 Å². The molecule has 1 rings (SSSR count). The molecule has 0 radical (unpaired) electrons. The van der Waals surface area contributed by atoms with Crippen LogP contribution in [0.15, 0.2) is 0 Å². The van der Waals surface area contributed by atoms with Crippen molar-refractivity contribution in [1.82, 2.24) is 20.1 Å². The van der Waals surface area contributed by atoms with Gasteiger partial charge in [0.25, 0.3) is 0 Å². The maximum Gasteiger partial charge on any atom is 0.150 e. The Balaban J connectivity index is 2.43. The van der Waals surface area contributed by atoms with Crippen LogP contribution in [0.3, 0.4) is 0 Å². The highest BCUT2D eigenvalue weighted by Crippen LogP contribution is 2.01. The van der Waals surface area contributed by atoms with Gasteiger partial charge in [-0.15, -0.1) is 0 Å². The van der Waals surface area contributed by atoms with Crippen molar-refractivity contribution in [2.45, 2.75) is 59.5 Å². The van der Waals surface area contributed by atoms with Gasteiger partial charge in [0.15, 0.2) is 5.82 Å². The van der Waals surface area contributed by atoms with E-state index in [2.05, 4.69) is 47.8 Å². The molecular formula is C12H24N4. The third-order valence-corrected chi connectivity index (χ3v) is 2.52. The topological polar surface area (TPSA) is 42.7 Å². The molecule has 0 saturated carbocycles. The quantitative estimate of drug-likeness (QED) is 0.718. The Bertz CT molecular complexity index is 304. The second-order valence-corrected chi connectivity index (χ2v) is 4.34. The van der Waals surface area contributed by atoms with E-state index in [9.17, 15) is 0 Å². The fraction of sp³-hybridized carbons (Fsp3) is 0.833. The molecule has 4 nitrogen and oxygen atoms in total. The molecule has 0 fully saturated rings. The molecule has 0 aromatic carbocycles. The summed E-state index contributed by atoms with van der Waals surface area (Å²) in [5.41, 5.74) is 0. The average molecular weight is 224 g/mol. The zero-order valence-corrected chi connectivity index (χ0v) is 11.0. The molecule has 1 aromatic heterocycles.